The third-order valence-corrected chi connectivity index (χ3v) is 1.67. The Bertz CT molecular complexity index is 223. The molecule has 0 fully saturated rings. The first kappa shape index (κ1) is 13.9. The van der Waals surface area contributed by atoms with Crippen LogP contribution in [0.5, 0.6) is 0 Å². The first-order chi connectivity index (χ1) is 6.89. The van der Waals surface area contributed by atoms with Crippen molar-refractivity contribution in [1.29, 1.82) is 0 Å². The number of Topliss-reactive ketones (excluding diaryl/α,β-unsaturated/α-hetero) is 1. The van der Waals surface area contributed by atoms with Gasteiger partial charge in [0, 0.05) is 0 Å². The number of carbonyl (C=O) groups is 2. The largest absolute Gasteiger partial charge is 0.461 e. The maximum atomic E-state index is 11.7. The summed E-state index contributed by atoms with van der Waals surface area (Å²) in [7, 11) is 0. The molecule has 0 spiro atoms. The molecule has 0 rings (SSSR count). The normalized spacial score (nSPS) is 11.2. The van der Waals surface area contributed by atoms with Gasteiger partial charge in [-0.05, 0) is 6.42 Å². The minimum absolute atomic E-state index is 0.138. The third-order valence-electron chi connectivity index (χ3n) is 1.67. The smallest absolute Gasteiger partial charge is 0.460 e. The molecule has 0 atom stereocenters. The van der Waals surface area contributed by atoms with Gasteiger partial charge in [-0.3, -0.25) is 4.79 Å². The van der Waals surface area contributed by atoms with Gasteiger partial charge in [-0.2, -0.15) is 13.2 Å². The van der Waals surface area contributed by atoms with E-state index in [0.29, 0.717) is 6.42 Å². The van der Waals surface area contributed by atoms with Crippen molar-refractivity contribution in [2.45, 2.75) is 38.8 Å². The molecule has 0 aliphatic carbocycles. The van der Waals surface area contributed by atoms with Gasteiger partial charge in [0.1, 0.15) is 0 Å². The summed E-state index contributed by atoms with van der Waals surface area (Å²) < 4.78 is 39.2. The number of halogens is 3. The molecule has 0 heterocycles. The van der Waals surface area contributed by atoms with Gasteiger partial charge >= 0.3 is 17.9 Å². The van der Waals surface area contributed by atoms with E-state index in [1.165, 1.54) is 0 Å². The number of ether oxygens (including phenoxy) is 1. The van der Waals surface area contributed by atoms with Gasteiger partial charge in [-0.1, -0.05) is 26.2 Å². The van der Waals surface area contributed by atoms with Crippen molar-refractivity contribution in [2.75, 3.05) is 6.61 Å². The molecule has 0 saturated carbocycles. The maximum absolute atomic E-state index is 11.7. The average molecular weight is 226 g/mol. The lowest BCUT2D eigenvalue weighted by Gasteiger charge is -2.05. The zero-order valence-corrected chi connectivity index (χ0v) is 8.39. The fraction of sp³-hybridized carbons (Fsp3) is 0.778. The van der Waals surface area contributed by atoms with E-state index >= 15 is 0 Å². The van der Waals surface area contributed by atoms with Gasteiger partial charge in [0.15, 0.2) is 0 Å². The molecule has 6 heteroatoms. The van der Waals surface area contributed by atoms with Gasteiger partial charge < -0.3 is 4.74 Å². The predicted molar refractivity (Wildman–Crippen MR) is 46.2 cm³/mol. The molecular weight excluding hydrogens is 213 g/mol. The number of hydrogen-bond donors (Lipinski definition) is 0. The lowest BCUT2D eigenvalue weighted by Crippen LogP contribution is -2.32. The second-order valence-corrected chi connectivity index (χ2v) is 3.02. The van der Waals surface area contributed by atoms with Crippen molar-refractivity contribution in [3.63, 3.8) is 0 Å². The van der Waals surface area contributed by atoms with E-state index in [1.54, 1.807) is 0 Å². The Morgan fingerprint density at radius 2 is 1.73 bits per heavy atom. The van der Waals surface area contributed by atoms with Crippen LogP contribution < -0.4 is 0 Å². The number of rotatable bonds is 6. The summed E-state index contributed by atoms with van der Waals surface area (Å²) in [6.07, 6.45) is -2.00. The van der Waals surface area contributed by atoms with E-state index in [-0.39, 0.29) is 6.61 Å². The molecule has 0 aliphatic rings. The predicted octanol–water partition coefficient (Wildman–Crippen LogP) is 2.24. The SMILES string of the molecule is CCCCCCOC(=O)C(=O)C(F)(F)F. The minimum Gasteiger partial charge on any atom is -0.460 e. The topological polar surface area (TPSA) is 43.4 Å². The molecule has 0 amide bonds. The zero-order valence-electron chi connectivity index (χ0n) is 8.39. The zero-order chi connectivity index (χ0) is 11.9. The van der Waals surface area contributed by atoms with E-state index in [1.807, 2.05) is 6.92 Å². The van der Waals surface area contributed by atoms with Crippen LogP contribution in [0.4, 0.5) is 13.2 Å². The molecule has 0 aromatic carbocycles. The van der Waals surface area contributed by atoms with Crippen LogP contribution in [0.1, 0.15) is 32.6 Å². The fourth-order valence-electron chi connectivity index (χ4n) is 0.875. The molecular formula is C9H13F3O3. The molecule has 0 aromatic heterocycles. The molecule has 0 radical (unpaired) electrons. The summed E-state index contributed by atoms with van der Waals surface area (Å²) in [5.74, 6) is -4.27. The Hall–Kier alpha value is -1.07. The summed E-state index contributed by atoms with van der Waals surface area (Å²) in [6, 6.07) is 0. The van der Waals surface area contributed by atoms with Crippen molar-refractivity contribution in [3.05, 3.63) is 0 Å². The monoisotopic (exact) mass is 226 g/mol. The first-order valence-electron chi connectivity index (χ1n) is 4.68. The highest BCUT2D eigenvalue weighted by atomic mass is 19.4. The number of unbranched alkanes of at least 4 members (excludes halogenated alkanes) is 3. The van der Waals surface area contributed by atoms with Crippen molar-refractivity contribution >= 4 is 11.8 Å². The summed E-state index contributed by atoms with van der Waals surface area (Å²) in [6.45, 7) is 1.83. The molecule has 3 nitrogen and oxygen atoms in total. The van der Waals surface area contributed by atoms with Crippen LogP contribution in [0.15, 0.2) is 0 Å². The molecule has 15 heavy (non-hydrogen) atoms. The second kappa shape index (κ2) is 6.42. The molecule has 0 saturated heterocycles. The van der Waals surface area contributed by atoms with Crippen molar-refractivity contribution < 1.29 is 27.5 Å². The number of esters is 1. The van der Waals surface area contributed by atoms with Crippen LogP contribution in [0.25, 0.3) is 0 Å². The average Bonchev–Trinajstić information content (AvgIpc) is 2.14. The summed E-state index contributed by atoms with van der Waals surface area (Å²) in [4.78, 5) is 20.8. The lowest BCUT2D eigenvalue weighted by molar-refractivity contribution is -0.183. The number of ketones is 1. The standard InChI is InChI=1S/C9H13F3O3/c1-2-3-4-5-6-15-8(14)7(13)9(10,11)12/h2-6H2,1H3. The van der Waals surface area contributed by atoms with Gasteiger partial charge in [0.25, 0.3) is 0 Å². The van der Waals surface area contributed by atoms with Crippen LogP contribution in [0.2, 0.25) is 0 Å². The Balaban J connectivity index is 3.71. The van der Waals surface area contributed by atoms with Crippen LogP contribution in [-0.2, 0) is 14.3 Å². The molecule has 0 unspecified atom stereocenters. The number of alkyl halides is 3. The Kier molecular flexibility index (Phi) is 5.96. The first-order valence-corrected chi connectivity index (χ1v) is 4.68. The summed E-state index contributed by atoms with van der Waals surface area (Å²) in [5.41, 5.74) is 0. The van der Waals surface area contributed by atoms with Crippen molar-refractivity contribution in [3.8, 4) is 0 Å². The highest BCUT2D eigenvalue weighted by Crippen LogP contribution is 2.16. The molecule has 0 aliphatic heterocycles. The van der Waals surface area contributed by atoms with E-state index in [4.69, 9.17) is 0 Å². The molecule has 0 aromatic rings. The van der Waals surface area contributed by atoms with Crippen molar-refractivity contribution in [2.24, 2.45) is 0 Å². The van der Waals surface area contributed by atoms with Crippen LogP contribution in [0.3, 0.4) is 0 Å². The highest BCUT2D eigenvalue weighted by Gasteiger charge is 2.44. The fourth-order valence-corrected chi connectivity index (χ4v) is 0.875. The lowest BCUT2D eigenvalue weighted by atomic mass is 10.2. The Morgan fingerprint density at radius 1 is 1.13 bits per heavy atom. The van der Waals surface area contributed by atoms with Crippen molar-refractivity contribution in [1.82, 2.24) is 0 Å². The highest BCUT2D eigenvalue weighted by molar-refractivity contribution is 6.35. The Morgan fingerprint density at radius 3 is 2.20 bits per heavy atom. The summed E-state index contributed by atoms with van der Waals surface area (Å²) >= 11 is 0. The summed E-state index contributed by atoms with van der Waals surface area (Å²) in [5, 5.41) is 0. The van der Waals surface area contributed by atoms with Crippen LogP contribution >= 0.6 is 0 Å². The van der Waals surface area contributed by atoms with Gasteiger partial charge in [-0.25, -0.2) is 4.79 Å². The number of carbonyl (C=O) groups excluding carboxylic acids is 2. The second-order valence-electron chi connectivity index (χ2n) is 3.02. The van der Waals surface area contributed by atoms with Crippen LogP contribution in [0, 0.1) is 0 Å². The third kappa shape index (κ3) is 6.09. The van der Waals surface area contributed by atoms with E-state index < -0.39 is 17.9 Å². The minimum atomic E-state index is -5.14. The quantitative estimate of drug-likeness (QED) is 0.396. The van der Waals surface area contributed by atoms with E-state index in [9.17, 15) is 22.8 Å². The van der Waals surface area contributed by atoms with Crippen LogP contribution in [-0.4, -0.2) is 24.5 Å². The molecule has 88 valence electrons. The van der Waals surface area contributed by atoms with E-state index in [2.05, 4.69) is 4.74 Å². The molecule has 0 N–H and O–H groups in total. The van der Waals surface area contributed by atoms with Gasteiger partial charge in [0.05, 0.1) is 6.61 Å². The van der Waals surface area contributed by atoms with Gasteiger partial charge in [0.2, 0.25) is 0 Å². The molecule has 0 bridgehead atoms. The Labute approximate surface area is 85.6 Å². The number of hydrogen-bond acceptors (Lipinski definition) is 3. The van der Waals surface area contributed by atoms with Gasteiger partial charge in [-0.15, -0.1) is 0 Å². The van der Waals surface area contributed by atoms with E-state index in [0.717, 1.165) is 19.3 Å². The maximum Gasteiger partial charge on any atom is 0.461 e.